The minimum Gasteiger partial charge on any atom is -0.446 e. The van der Waals surface area contributed by atoms with E-state index < -0.39 is 11.7 Å². The molecule has 0 bridgehead atoms. The van der Waals surface area contributed by atoms with E-state index >= 15 is 0 Å². The molecule has 1 saturated heterocycles. The number of pyridine rings is 1. The van der Waals surface area contributed by atoms with Gasteiger partial charge in [-0.1, -0.05) is 23.2 Å². The number of benzene rings is 1. The number of halogens is 5. The molecule has 0 aliphatic carbocycles. The first-order valence-electron chi connectivity index (χ1n) is 12.1. The lowest BCUT2D eigenvalue weighted by Crippen LogP contribution is -2.78. The van der Waals surface area contributed by atoms with Crippen LogP contribution in [0.25, 0.3) is 11.2 Å². The second-order valence-corrected chi connectivity index (χ2v) is 9.97. The van der Waals surface area contributed by atoms with E-state index in [9.17, 15) is 13.2 Å². The number of anilines is 3. The fourth-order valence-electron chi connectivity index (χ4n) is 4.37. The molecule has 1 fully saturated rings. The van der Waals surface area contributed by atoms with Gasteiger partial charge in [-0.15, -0.1) is 0 Å². The van der Waals surface area contributed by atoms with Crippen molar-refractivity contribution in [2.45, 2.75) is 6.18 Å². The summed E-state index contributed by atoms with van der Waals surface area (Å²) in [5.41, 5.74) is 0.961. The van der Waals surface area contributed by atoms with Gasteiger partial charge in [0.2, 0.25) is 17.4 Å². The third-order valence-electron chi connectivity index (χ3n) is 6.55. The van der Waals surface area contributed by atoms with Crippen molar-refractivity contribution in [2.75, 3.05) is 43.4 Å². The highest BCUT2D eigenvalue weighted by Crippen LogP contribution is 2.37. The summed E-state index contributed by atoms with van der Waals surface area (Å²) in [5, 5.41) is 12.7. The van der Waals surface area contributed by atoms with Crippen molar-refractivity contribution in [1.29, 1.82) is 5.41 Å². The van der Waals surface area contributed by atoms with Crippen molar-refractivity contribution in [2.24, 2.45) is 12.0 Å². The van der Waals surface area contributed by atoms with Gasteiger partial charge in [0.05, 0.1) is 24.2 Å². The van der Waals surface area contributed by atoms with E-state index in [4.69, 9.17) is 33.3 Å². The summed E-state index contributed by atoms with van der Waals surface area (Å²) in [4.78, 5) is 16.8. The van der Waals surface area contributed by atoms with Gasteiger partial charge >= 0.3 is 6.18 Å². The number of fused-ring (bicyclic) bond motifs is 1. The molecule has 0 spiro atoms. The Morgan fingerprint density at radius 1 is 1.15 bits per heavy atom. The molecular formula is C25H25Cl2F3N9O+. The Bertz CT molecular complexity index is 1560. The van der Waals surface area contributed by atoms with Gasteiger partial charge in [-0.25, -0.2) is 9.98 Å². The Morgan fingerprint density at radius 2 is 1.90 bits per heavy atom. The summed E-state index contributed by atoms with van der Waals surface area (Å²) in [6, 6.07) is 3.89. The number of hydrogen-bond acceptors (Lipinski definition) is 8. The molecule has 15 heteroatoms. The molecule has 40 heavy (non-hydrogen) atoms. The highest BCUT2D eigenvalue weighted by Gasteiger charge is 2.32. The number of piperazine rings is 1. The van der Waals surface area contributed by atoms with Crippen molar-refractivity contribution in [3.8, 4) is 5.75 Å². The highest BCUT2D eigenvalue weighted by atomic mass is 35.5. The fourth-order valence-corrected chi connectivity index (χ4v) is 4.88. The lowest BCUT2D eigenvalue weighted by Gasteiger charge is -2.34. The number of allylic oxidation sites excluding steroid dienone is 2. The Labute approximate surface area is 237 Å². The first kappa shape index (κ1) is 27.9. The number of quaternary nitrogens is 1. The molecule has 4 N–H and O–H groups in total. The molecule has 4 heterocycles. The minimum atomic E-state index is -4.53. The van der Waals surface area contributed by atoms with Gasteiger partial charge in [0, 0.05) is 44.6 Å². The largest absolute Gasteiger partial charge is 0.446 e. The smallest absolute Gasteiger partial charge is 0.416 e. The Hall–Kier alpha value is -3.65. The van der Waals surface area contributed by atoms with E-state index in [0.29, 0.717) is 30.0 Å². The topological polar surface area (TPSA) is 111 Å². The summed E-state index contributed by atoms with van der Waals surface area (Å²) < 4.78 is 48.8. The van der Waals surface area contributed by atoms with Gasteiger partial charge in [-0.2, -0.15) is 18.2 Å². The molecule has 0 saturated carbocycles. The molecule has 0 atom stereocenters. The number of rotatable bonds is 6. The second kappa shape index (κ2) is 11.1. The number of nitrogens with two attached hydrogens (primary N) is 1. The molecule has 1 aromatic carbocycles. The molecule has 5 rings (SSSR count). The number of likely N-dealkylation sites (N-methyl/N-ethyl adjacent to an activating group) is 1. The van der Waals surface area contributed by atoms with Crippen LogP contribution in [0.4, 0.5) is 30.5 Å². The van der Waals surface area contributed by atoms with Crippen LogP contribution < -0.4 is 20.3 Å². The molecule has 10 nitrogen and oxygen atoms in total. The Balaban J connectivity index is 1.48. The van der Waals surface area contributed by atoms with E-state index in [0.717, 1.165) is 25.4 Å². The molecule has 3 aromatic rings. The first-order chi connectivity index (χ1) is 19.0. The average molecular weight is 595 g/mol. The molecule has 0 amide bonds. The van der Waals surface area contributed by atoms with E-state index in [1.165, 1.54) is 18.5 Å². The van der Waals surface area contributed by atoms with Crippen LogP contribution >= 0.6 is 23.2 Å². The van der Waals surface area contributed by atoms with Gasteiger partial charge in [0.25, 0.3) is 0 Å². The van der Waals surface area contributed by atoms with E-state index in [1.54, 1.807) is 29.2 Å². The van der Waals surface area contributed by atoms with Crippen LogP contribution in [0.5, 0.6) is 5.75 Å². The third-order valence-corrected chi connectivity index (χ3v) is 7.22. The van der Waals surface area contributed by atoms with Gasteiger partial charge in [-0.05, 0) is 25.2 Å². The van der Waals surface area contributed by atoms with Crippen LogP contribution in [0.2, 0.25) is 5.02 Å². The molecule has 2 aromatic heterocycles. The number of imidazole rings is 1. The zero-order valence-corrected chi connectivity index (χ0v) is 22.9. The number of aliphatic imine (C=N–C) groups is 1. The Kier molecular flexibility index (Phi) is 7.73. The SMILES string of the molecule is CN1CCN(c2cc(Nc3nc4ncc(O/C(C=N)=C5/[NH2+]C=CN=C5Cl)c(Cl)c4n3C)cc(C(F)(F)F)c2)CC1. The Morgan fingerprint density at radius 3 is 2.58 bits per heavy atom. The number of alkyl halides is 3. The van der Waals surface area contributed by atoms with Crippen molar-refractivity contribution in [3.05, 3.63) is 58.8 Å². The van der Waals surface area contributed by atoms with Crippen LogP contribution in [0.3, 0.4) is 0 Å². The predicted molar refractivity (Wildman–Crippen MR) is 149 cm³/mol. The number of nitrogens with zero attached hydrogens (tertiary/aromatic N) is 6. The summed E-state index contributed by atoms with van der Waals surface area (Å²) >= 11 is 12.8. The molecule has 0 radical (unpaired) electrons. The van der Waals surface area contributed by atoms with Crippen LogP contribution in [0.1, 0.15) is 5.56 Å². The van der Waals surface area contributed by atoms with Crippen molar-refractivity contribution in [1.82, 2.24) is 19.4 Å². The van der Waals surface area contributed by atoms with Crippen LogP contribution in [0.15, 0.2) is 53.2 Å². The molecule has 2 aliphatic rings. The van der Waals surface area contributed by atoms with E-state index in [-0.39, 0.29) is 39.0 Å². The molecular weight excluding hydrogens is 570 g/mol. The van der Waals surface area contributed by atoms with E-state index in [1.807, 2.05) is 11.9 Å². The predicted octanol–water partition coefficient (Wildman–Crippen LogP) is 4.06. The minimum absolute atomic E-state index is 0.0991. The third kappa shape index (κ3) is 5.63. The first-order valence-corrected chi connectivity index (χ1v) is 12.9. The van der Waals surface area contributed by atoms with Gasteiger partial charge in [0.15, 0.2) is 16.6 Å². The summed E-state index contributed by atoms with van der Waals surface area (Å²) in [6.45, 7) is 2.74. The number of aromatic nitrogens is 3. The molecule has 0 unspecified atom stereocenters. The van der Waals surface area contributed by atoms with Crippen LogP contribution in [-0.2, 0) is 13.2 Å². The zero-order chi connectivity index (χ0) is 28.6. The number of hydrogen-bond donors (Lipinski definition) is 3. The van der Waals surface area contributed by atoms with Gasteiger partial charge in [0.1, 0.15) is 16.7 Å². The number of aryl methyl sites for hydroxylation is 1. The molecule has 210 valence electrons. The normalized spacial score (nSPS) is 17.7. The standard InChI is InChI=1S/C25H24Cl2F3N9O/c1-37-5-7-39(8-6-37)16-10-14(25(28,29)30)9-15(11-16)35-24-36-23-21(38(24)2)19(26)18(13-34-23)40-17(12-31)20-22(27)33-4-3-32-20/h3-4,9-13,31-32H,5-8H2,1-2H3,(H,34,35,36)/p+1/b20-17+,31-12?. The number of ether oxygens (including phenoxy) is 1. The summed E-state index contributed by atoms with van der Waals surface area (Å²) in [6.07, 6.45) is 0.967. The maximum absolute atomic E-state index is 13.8. The quantitative estimate of drug-likeness (QED) is 0.293. The van der Waals surface area contributed by atoms with Crippen LogP contribution in [0, 0.1) is 5.41 Å². The zero-order valence-electron chi connectivity index (χ0n) is 21.4. The average Bonchev–Trinajstić information content (AvgIpc) is 3.24. The van der Waals surface area contributed by atoms with Crippen molar-refractivity contribution in [3.63, 3.8) is 0 Å². The van der Waals surface area contributed by atoms with Gasteiger partial charge < -0.3 is 29.8 Å². The molecule has 2 aliphatic heterocycles. The fraction of sp³-hybridized carbons (Fsp3) is 0.280. The van der Waals surface area contributed by atoms with E-state index in [2.05, 4.69) is 25.2 Å². The maximum atomic E-state index is 13.8. The van der Waals surface area contributed by atoms with Crippen molar-refractivity contribution < 1.29 is 23.2 Å². The second-order valence-electron chi connectivity index (χ2n) is 9.24. The number of nitrogens with one attached hydrogen (secondary N) is 2. The highest BCUT2D eigenvalue weighted by molar-refractivity contribution is 6.69. The summed E-state index contributed by atoms with van der Waals surface area (Å²) in [5.74, 6) is 0.470. The lowest BCUT2D eigenvalue weighted by atomic mass is 10.1. The lowest BCUT2D eigenvalue weighted by molar-refractivity contribution is -0.528. The van der Waals surface area contributed by atoms with Gasteiger partial charge in [-0.3, -0.25) is 5.32 Å². The maximum Gasteiger partial charge on any atom is 0.416 e. The monoisotopic (exact) mass is 594 g/mol. The summed E-state index contributed by atoms with van der Waals surface area (Å²) in [7, 11) is 3.64. The van der Waals surface area contributed by atoms with Crippen LogP contribution in [-0.4, -0.2) is 64.0 Å². The van der Waals surface area contributed by atoms with Crippen molar-refractivity contribution >= 4 is 63.1 Å².